The molecule has 0 aromatic rings. The highest BCUT2D eigenvalue weighted by molar-refractivity contribution is 5.67. The highest BCUT2D eigenvalue weighted by Gasteiger charge is 2.21. The van der Waals surface area contributed by atoms with Gasteiger partial charge in [0.2, 0.25) is 0 Å². The molecule has 82 valence electrons. The van der Waals surface area contributed by atoms with Crippen molar-refractivity contribution in [2.75, 3.05) is 26.2 Å². The van der Waals surface area contributed by atoms with E-state index >= 15 is 0 Å². The Morgan fingerprint density at radius 2 is 2.29 bits per heavy atom. The lowest BCUT2D eigenvalue weighted by atomic mass is 10.2. The van der Waals surface area contributed by atoms with Crippen molar-refractivity contribution in [2.45, 2.75) is 26.3 Å². The van der Waals surface area contributed by atoms with Crippen LogP contribution in [-0.4, -0.2) is 48.2 Å². The van der Waals surface area contributed by atoms with Crippen molar-refractivity contribution in [1.82, 2.24) is 10.2 Å². The SMILES string of the molecule is CCN1CC(C)CNC(CC(=O)O)C1. The van der Waals surface area contributed by atoms with Crippen molar-refractivity contribution in [3.63, 3.8) is 0 Å². The molecule has 0 aromatic carbocycles. The lowest BCUT2D eigenvalue weighted by Gasteiger charge is -2.22. The van der Waals surface area contributed by atoms with Gasteiger partial charge in [0.25, 0.3) is 0 Å². The smallest absolute Gasteiger partial charge is 0.304 e. The lowest BCUT2D eigenvalue weighted by molar-refractivity contribution is -0.137. The fourth-order valence-electron chi connectivity index (χ4n) is 1.93. The van der Waals surface area contributed by atoms with E-state index in [0.29, 0.717) is 5.92 Å². The number of nitrogens with one attached hydrogen (secondary N) is 1. The zero-order valence-corrected chi connectivity index (χ0v) is 8.99. The number of nitrogens with zero attached hydrogens (tertiary/aromatic N) is 1. The van der Waals surface area contributed by atoms with Crippen LogP contribution in [0.5, 0.6) is 0 Å². The summed E-state index contributed by atoms with van der Waals surface area (Å²) in [6, 6.07) is 0.109. The number of rotatable bonds is 3. The predicted molar refractivity (Wildman–Crippen MR) is 55.3 cm³/mol. The van der Waals surface area contributed by atoms with E-state index in [1.165, 1.54) is 0 Å². The van der Waals surface area contributed by atoms with E-state index in [1.54, 1.807) is 0 Å². The summed E-state index contributed by atoms with van der Waals surface area (Å²) in [5.74, 6) is -0.109. The van der Waals surface area contributed by atoms with Crippen LogP contribution in [0.25, 0.3) is 0 Å². The number of hydrogen-bond donors (Lipinski definition) is 2. The summed E-state index contributed by atoms with van der Waals surface area (Å²) in [4.78, 5) is 12.9. The predicted octanol–water partition coefficient (Wildman–Crippen LogP) is 0.391. The molecule has 0 bridgehead atoms. The van der Waals surface area contributed by atoms with Gasteiger partial charge in [0.15, 0.2) is 0 Å². The molecule has 4 nitrogen and oxygen atoms in total. The first-order valence-electron chi connectivity index (χ1n) is 5.29. The second-order valence-corrected chi connectivity index (χ2v) is 4.16. The van der Waals surface area contributed by atoms with Gasteiger partial charge in [-0.05, 0) is 19.0 Å². The first-order chi connectivity index (χ1) is 6.61. The van der Waals surface area contributed by atoms with Gasteiger partial charge in [0.05, 0.1) is 6.42 Å². The monoisotopic (exact) mass is 200 g/mol. The number of likely N-dealkylation sites (N-methyl/N-ethyl adjacent to an activating group) is 1. The van der Waals surface area contributed by atoms with E-state index in [9.17, 15) is 4.79 Å². The lowest BCUT2D eigenvalue weighted by Crippen LogP contribution is -2.39. The minimum atomic E-state index is -0.715. The molecule has 2 atom stereocenters. The van der Waals surface area contributed by atoms with Crippen LogP contribution in [0.3, 0.4) is 0 Å². The third kappa shape index (κ3) is 3.64. The third-order valence-corrected chi connectivity index (χ3v) is 2.67. The molecule has 0 radical (unpaired) electrons. The third-order valence-electron chi connectivity index (χ3n) is 2.67. The molecular weight excluding hydrogens is 180 g/mol. The van der Waals surface area contributed by atoms with Crippen LogP contribution in [0.2, 0.25) is 0 Å². The summed E-state index contributed by atoms with van der Waals surface area (Å²) < 4.78 is 0. The Hall–Kier alpha value is -0.610. The van der Waals surface area contributed by atoms with Crippen LogP contribution in [0.1, 0.15) is 20.3 Å². The standard InChI is InChI=1S/C10H20N2O2/c1-3-12-6-8(2)5-11-9(7-12)4-10(13)14/h8-9,11H,3-7H2,1-2H3,(H,13,14). The van der Waals surface area contributed by atoms with Crippen molar-refractivity contribution >= 4 is 5.97 Å². The van der Waals surface area contributed by atoms with E-state index in [2.05, 4.69) is 24.1 Å². The molecule has 1 heterocycles. The minimum Gasteiger partial charge on any atom is -0.481 e. The van der Waals surface area contributed by atoms with E-state index < -0.39 is 5.97 Å². The fourth-order valence-corrected chi connectivity index (χ4v) is 1.93. The van der Waals surface area contributed by atoms with Crippen LogP contribution >= 0.6 is 0 Å². The van der Waals surface area contributed by atoms with E-state index in [4.69, 9.17) is 5.11 Å². The maximum absolute atomic E-state index is 10.6. The number of carboxylic acids is 1. The fraction of sp³-hybridized carbons (Fsp3) is 0.900. The van der Waals surface area contributed by atoms with Crippen LogP contribution in [-0.2, 0) is 4.79 Å². The van der Waals surface area contributed by atoms with Crippen molar-refractivity contribution in [3.8, 4) is 0 Å². The van der Waals surface area contributed by atoms with Crippen molar-refractivity contribution < 1.29 is 9.90 Å². The molecule has 1 fully saturated rings. The number of aliphatic carboxylic acids is 1. The summed E-state index contributed by atoms with van der Waals surface area (Å²) in [5, 5.41) is 12.0. The molecule has 2 N–H and O–H groups in total. The summed E-state index contributed by atoms with van der Waals surface area (Å²) in [6.45, 7) is 8.16. The minimum absolute atomic E-state index is 0.109. The van der Waals surface area contributed by atoms with Gasteiger partial charge in [0.1, 0.15) is 0 Å². The molecule has 1 saturated heterocycles. The van der Waals surface area contributed by atoms with Gasteiger partial charge >= 0.3 is 5.97 Å². The topological polar surface area (TPSA) is 52.6 Å². The zero-order chi connectivity index (χ0) is 10.6. The van der Waals surface area contributed by atoms with Crippen LogP contribution < -0.4 is 5.32 Å². The maximum Gasteiger partial charge on any atom is 0.304 e. The van der Waals surface area contributed by atoms with Gasteiger partial charge < -0.3 is 15.3 Å². The maximum atomic E-state index is 10.6. The van der Waals surface area contributed by atoms with Gasteiger partial charge in [-0.3, -0.25) is 4.79 Å². The highest BCUT2D eigenvalue weighted by atomic mass is 16.4. The van der Waals surface area contributed by atoms with Crippen LogP contribution in [0, 0.1) is 5.92 Å². The average Bonchev–Trinajstić information content (AvgIpc) is 2.27. The molecule has 1 rings (SSSR count). The molecule has 4 heteroatoms. The van der Waals surface area contributed by atoms with Crippen LogP contribution in [0.4, 0.5) is 0 Å². The number of carboxylic acid groups (broad SMARTS) is 1. The quantitative estimate of drug-likeness (QED) is 0.692. The van der Waals surface area contributed by atoms with E-state index in [0.717, 1.165) is 26.2 Å². The zero-order valence-electron chi connectivity index (χ0n) is 8.99. The van der Waals surface area contributed by atoms with Gasteiger partial charge in [0, 0.05) is 19.1 Å². The second kappa shape index (κ2) is 5.32. The van der Waals surface area contributed by atoms with Crippen molar-refractivity contribution in [1.29, 1.82) is 0 Å². The van der Waals surface area contributed by atoms with E-state index in [1.807, 2.05) is 0 Å². The number of hydrogen-bond acceptors (Lipinski definition) is 3. The molecule has 0 aromatic heterocycles. The molecule has 0 spiro atoms. The molecule has 2 unspecified atom stereocenters. The Labute approximate surface area is 85.3 Å². The molecular formula is C10H20N2O2. The van der Waals surface area contributed by atoms with Gasteiger partial charge in [-0.25, -0.2) is 0 Å². The molecule has 1 aliphatic rings. The molecule has 0 saturated carbocycles. The first-order valence-corrected chi connectivity index (χ1v) is 5.29. The summed E-state index contributed by atoms with van der Waals surface area (Å²) in [5.41, 5.74) is 0. The summed E-state index contributed by atoms with van der Waals surface area (Å²) in [6.07, 6.45) is 0.225. The average molecular weight is 200 g/mol. The Kier molecular flexibility index (Phi) is 4.35. The van der Waals surface area contributed by atoms with Crippen molar-refractivity contribution in [2.24, 2.45) is 5.92 Å². The Morgan fingerprint density at radius 1 is 1.57 bits per heavy atom. The largest absolute Gasteiger partial charge is 0.481 e. The highest BCUT2D eigenvalue weighted by Crippen LogP contribution is 2.07. The molecule has 14 heavy (non-hydrogen) atoms. The van der Waals surface area contributed by atoms with Crippen molar-refractivity contribution in [3.05, 3.63) is 0 Å². The Morgan fingerprint density at radius 3 is 2.86 bits per heavy atom. The Bertz CT molecular complexity index is 197. The van der Waals surface area contributed by atoms with Gasteiger partial charge in [-0.1, -0.05) is 13.8 Å². The summed E-state index contributed by atoms with van der Waals surface area (Å²) >= 11 is 0. The number of carbonyl (C=O) groups is 1. The van der Waals surface area contributed by atoms with E-state index in [-0.39, 0.29) is 12.5 Å². The van der Waals surface area contributed by atoms with Gasteiger partial charge in [-0.15, -0.1) is 0 Å². The van der Waals surface area contributed by atoms with Crippen LogP contribution in [0.15, 0.2) is 0 Å². The first kappa shape index (κ1) is 11.5. The Balaban J connectivity index is 2.48. The molecule has 0 amide bonds. The molecule has 0 aliphatic carbocycles. The summed E-state index contributed by atoms with van der Waals surface area (Å²) in [7, 11) is 0. The van der Waals surface area contributed by atoms with Gasteiger partial charge in [-0.2, -0.15) is 0 Å². The molecule has 1 aliphatic heterocycles. The second-order valence-electron chi connectivity index (χ2n) is 4.16. The normalized spacial score (nSPS) is 29.9.